The van der Waals surface area contributed by atoms with E-state index < -0.39 is 13.3 Å². The minimum atomic E-state index is -1.72. The van der Waals surface area contributed by atoms with Crippen LogP contribution in [0.25, 0.3) is 54.0 Å². The second-order valence-corrected chi connectivity index (χ2v) is 24.0. The van der Waals surface area contributed by atoms with Crippen LogP contribution in [0, 0.1) is 26.0 Å². The third kappa shape index (κ3) is 6.32. The standard InChI is InChI=1S/C23H20N3S.C14H16GeN.Ir/c1-13(2)26-19-12-14(3)11-15(4)20(19)25-22(26)18-8-5-7-16-17-9-6-10-24-23(17)27-21(16)18;1-15(2,3)13-9-10-14(16-11-13)12-7-5-4-6-8-12;/h5-7,9-13H,1-4H3;4-7,9-11H,1-3H3;/q2*-1;. The summed E-state index contributed by atoms with van der Waals surface area (Å²) in [7, 11) is 0. The molecule has 4 heterocycles. The molecule has 0 aliphatic carbocycles. The molecule has 1 radical (unpaired) electrons. The molecule has 3 aromatic carbocycles. The summed E-state index contributed by atoms with van der Waals surface area (Å²) in [6.07, 6.45) is 3.90. The summed E-state index contributed by atoms with van der Waals surface area (Å²) < 4.78 is 5.00. The van der Waals surface area contributed by atoms with E-state index in [1.54, 1.807) is 11.3 Å². The molecule has 0 spiro atoms. The number of aromatic nitrogens is 4. The fraction of sp³-hybridized carbons (Fsp3) is 0.216. The Morgan fingerprint density at radius 3 is 2.36 bits per heavy atom. The van der Waals surface area contributed by atoms with Gasteiger partial charge in [-0.15, -0.1) is 18.2 Å². The monoisotopic (exact) mass is 835 g/mol. The molecule has 7 aromatic rings. The second kappa shape index (κ2) is 13.1. The molecular weight excluding hydrogens is 797 g/mol. The molecule has 0 fully saturated rings. The van der Waals surface area contributed by atoms with Gasteiger partial charge in [-0.25, -0.2) is 4.98 Å². The first kappa shape index (κ1) is 32.2. The number of aryl methyl sites for hydroxylation is 2. The smallest absolute Gasteiger partial charge is 0 e. The van der Waals surface area contributed by atoms with Crippen LogP contribution in [-0.2, 0) is 20.1 Å². The number of rotatable bonds is 4. The van der Waals surface area contributed by atoms with Crippen LogP contribution >= 0.6 is 11.3 Å². The summed E-state index contributed by atoms with van der Waals surface area (Å²) in [5.41, 5.74) is 7.90. The topological polar surface area (TPSA) is 43.6 Å². The SMILES string of the molecule is Cc1cc(C)c2nc(-c3[c-]ccc4c3sc3ncccc34)n(C(C)C)c2c1.[CH3][Ge]([CH3])([CH3])[c]1ccc(-c2[c-]cccc2)nc1.[Ir]. The van der Waals surface area contributed by atoms with Gasteiger partial charge in [-0.05, 0) is 61.0 Å². The molecule has 0 aliphatic heterocycles. The molecule has 7 heteroatoms. The molecule has 225 valence electrons. The minimum absolute atomic E-state index is 0. The summed E-state index contributed by atoms with van der Waals surface area (Å²) >= 11 is 0.00921. The first-order chi connectivity index (χ1) is 20.6. The first-order valence-electron chi connectivity index (χ1n) is 14.7. The molecule has 0 atom stereocenters. The average Bonchev–Trinajstić information content (AvgIpc) is 3.57. The quantitative estimate of drug-likeness (QED) is 0.131. The number of benzene rings is 3. The van der Waals surface area contributed by atoms with Crippen LogP contribution in [0.2, 0.25) is 17.3 Å². The maximum Gasteiger partial charge on any atom is 0 e. The van der Waals surface area contributed by atoms with Gasteiger partial charge in [0.05, 0.1) is 16.9 Å². The zero-order valence-electron chi connectivity index (χ0n) is 26.2. The normalized spacial score (nSPS) is 11.5. The zero-order valence-corrected chi connectivity index (χ0v) is 31.5. The molecule has 0 saturated heterocycles. The Kier molecular flexibility index (Phi) is 9.57. The number of hydrogen-bond donors (Lipinski definition) is 0. The molecule has 0 bridgehead atoms. The van der Waals surface area contributed by atoms with Crippen molar-refractivity contribution in [2.45, 2.75) is 51.0 Å². The number of imidazole rings is 1. The van der Waals surface area contributed by atoms with Crippen molar-refractivity contribution < 1.29 is 20.1 Å². The predicted octanol–water partition coefficient (Wildman–Crippen LogP) is 9.56. The summed E-state index contributed by atoms with van der Waals surface area (Å²) in [5.74, 6) is 8.13. The van der Waals surface area contributed by atoms with Crippen molar-refractivity contribution in [3.8, 4) is 22.6 Å². The fourth-order valence-electron chi connectivity index (χ4n) is 5.53. The van der Waals surface area contributed by atoms with Gasteiger partial charge in [0.15, 0.2) is 0 Å². The molecule has 7 rings (SSSR count). The van der Waals surface area contributed by atoms with Crippen molar-refractivity contribution in [3.63, 3.8) is 0 Å². The van der Waals surface area contributed by atoms with E-state index in [9.17, 15) is 0 Å². The molecule has 0 aliphatic rings. The van der Waals surface area contributed by atoms with Crippen molar-refractivity contribution in [2.24, 2.45) is 0 Å². The summed E-state index contributed by atoms with van der Waals surface area (Å²) in [5, 5.41) is 2.43. The van der Waals surface area contributed by atoms with Crippen LogP contribution in [0.4, 0.5) is 0 Å². The van der Waals surface area contributed by atoms with Crippen LogP contribution in [0.5, 0.6) is 0 Å². The number of hydrogen-bond acceptors (Lipinski definition) is 4. The fourth-order valence-corrected chi connectivity index (χ4v) is 8.84. The number of fused-ring (bicyclic) bond motifs is 4. The molecule has 4 nitrogen and oxygen atoms in total. The van der Waals surface area contributed by atoms with Crippen LogP contribution in [0.1, 0.15) is 31.0 Å². The number of thiophene rings is 1. The van der Waals surface area contributed by atoms with Crippen molar-refractivity contribution >= 4 is 60.3 Å². The van der Waals surface area contributed by atoms with Gasteiger partial charge in [0.25, 0.3) is 0 Å². The van der Waals surface area contributed by atoms with E-state index in [4.69, 9.17) is 4.98 Å². The Bertz CT molecular complexity index is 2060. The van der Waals surface area contributed by atoms with Crippen LogP contribution in [0.15, 0.2) is 85.2 Å². The van der Waals surface area contributed by atoms with E-state index in [-0.39, 0.29) is 20.1 Å². The van der Waals surface area contributed by atoms with Gasteiger partial charge in [0, 0.05) is 32.3 Å². The van der Waals surface area contributed by atoms with Crippen LogP contribution in [-0.4, -0.2) is 32.8 Å². The summed E-state index contributed by atoms with van der Waals surface area (Å²) in [6, 6.07) is 32.0. The van der Waals surface area contributed by atoms with E-state index in [0.717, 1.165) is 33.0 Å². The maximum absolute atomic E-state index is 5.08. The van der Waals surface area contributed by atoms with E-state index >= 15 is 0 Å². The minimum Gasteiger partial charge on any atom is 0 e. The van der Waals surface area contributed by atoms with Gasteiger partial charge in [0.2, 0.25) is 0 Å². The van der Waals surface area contributed by atoms with Crippen molar-refractivity contribution in [1.29, 1.82) is 0 Å². The van der Waals surface area contributed by atoms with Gasteiger partial charge < -0.3 is 4.57 Å². The Morgan fingerprint density at radius 2 is 1.68 bits per heavy atom. The Morgan fingerprint density at radius 1 is 0.864 bits per heavy atom. The predicted molar refractivity (Wildman–Crippen MR) is 186 cm³/mol. The second-order valence-electron chi connectivity index (χ2n) is 12.4. The van der Waals surface area contributed by atoms with Crippen LogP contribution < -0.4 is 4.40 Å². The van der Waals surface area contributed by atoms with Gasteiger partial charge >= 0.3 is 99.8 Å². The number of pyridine rings is 2. The molecule has 0 amide bonds. The third-order valence-corrected chi connectivity index (χ3v) is 13.1. The maximum atomic E-state index is 5.08. The average molecular weight is 834 g/mol. The zero-order chi connectivity index (χ0) is 30.3. The third-order valence-electron chi connectivity index (χ3n) is 7.69. The molecule has 44 heavy (non-hydrogen) atoms. The Labute approximate surface area is 280 Å². The molecule has 0 saturated carbocycles. The van der Waals surface area contributed by atoms with E-state index in [2.05, 4.69) is 108 Å². The van der Waals surface area contributed by atoms with Crippen molar-refractivity contribution in [3.05, 3.63) is 108 Å². The summed E-state index contributed by atoms with van der Waals surface area (Å²) in [4.78, 5) is 15.2. The van der Waals surface area contributed by atoms with E-state index in [1.807, 2.05) is 48.8 Å². The van der Waals surface area contributed by atoms with Crippen LogP contribution in [0.3, 0.4) is 0 Å². The largest absolute Gasteiger partial charge is 0 e. The van der Waals surface area contributed by atoms with Gasteiger partial charge in [0.1, 0.15) is 4.83 Å². The first-order valence-corrected chi connectivity index (χ1v) is 22.9. The van der Waals surface area contributed by atoms with Gasteiger partial charge in [-0.2, -0.15) is 11.3 Å². The van der Waals surface area contributed by atoms with E-state index in [1.165, 1.54) is 36.5 Å². The van der Waals surface area contributed by atoms with Crippen molar-refractivity contribution in [2.75, 3.05) is 0 Å². The molecule has 0 unspecified atom stereocenters. The van der Waals surface area contributed by atoms with Gasteiger partial charge in [-0.1, -0.05) is 23.1 Å². The van der Waals surface area contributed by atoms with E-state index in [0.29, 0.717) is 6.04 Å². The Hall–Kier alpha value is -3.16. The van der Waals surface area contributed by atoms with Gasteiger partial charge in [-0.3, -0.25) is 4.98 Å². The number of nitrogens with zero attached hydrogens (tertiary/aromatic N) is 4. The van der Waals surface area contributed by atoms with Crippen molar-refractivity contribution in [1.82, 2.24) is 19.5 Å². The summed E-state index contributed by atoms with van der Waals surface area (Å²) in [6.45, 7) is 8.72. The Balaban J connectivity index is 0.000000194. The molecule has 4 aromatic heterocycles. The molecule has 0 N–H and O–H groups in total. The molecular formula is C37H36GeIrN4S-2.